The maximum absolute atomic E-state index is 14.1. The molecule has 2 fully saturated rings. The van der Waals surface area contributed by atoms with Gasteiger partial charge in [-0.15, -0.1) is 0 Å². The standard InChI is InChI=1S/C26H25F2N3O2/c1-16-14-30(15-29-16)22-9-6-17(12-24(22)33-2)11-19-25(18-7-8-20(27)21(28)13-18)23-5-3-4-10-31(23)26(19)32/h6-9,11-15,23,25H,3-5,10H2,1-2H3/b19-11-/t23-,25-/m0/s1. The molecule has 0 spiro atoms. The summed E-state index contributed by atoms with van der Waals surface area (Å²) >= 11 is 0. The van der Waals surface area contributed by atoms with Crippen molar-refractivity contribution >= 4 is 12.0 Å². The molecule has 3 heterocycles. The molecule has 2 atom stereocenters. The van der Waals surface area contributed by atoms with Crippen molar-refractivity contribution in [3.05, 3.63) is 83.0 Å². The normalized spacial score (nSPS) is 21.5. The van der Waals surface area contributed by atoms with Crippen molar-refractivity contribution in [2.45, 2.75) is 38.1 Å². The van der Waals surface area contributed by atoms with Crippen LogP contribution in [0.1, 0.15) is 42.0 Å². The van der Waals surface area contributed by atoms with Crippen molar-refractivity contribution in [1.82, 2.24) is 14.5 Å². The molecule has 2 saturated heterocycles. The number of nitrogens with zero attached hydrogens (tertiary/aromatic N) is 3. The van der Waals surface area contributed by atoms with Gasteiger partial charge in [-0.2, -0.15) is 0 Å². The molecule has 170 valence electrons. The Hall–Kier alpha value is -3.48. The molecule has 3 aromatic rings. The summed E-state index contributed by atoms with van der Waals surface area (Å²) in [5.74, 6) is -1.48. The topological polar surface area (TPSA) is 47.4 Å². The summed E-state index contributed by atoms with van der Waals surface area (Å²) in [5.41, 5.74) is 3.77. The lowest BCUT2D eigenvalue weighted by Gasteiger charge is -2.32. The number of imidazole rings is 1. The predicted octanol–water partition coefficient (Wildman–Crippen LogP) is 5.03. The van der Waals surface area contributed by atoms with Gasteiger partial charge in [-0.25, -0.2) is 13.8 Å². The number of amides is 1. The lowest BCUT2D eigenvalue weighted by Crippen LogP contribution is -2.38. The second kappa shape index (κ2) is 8.46. The minimum Gasteiger partial charge on any atom is -0.495 e. The quantitative estimate of drug-likeness (QED) is 0.525. The fraction of sp³-hybridized carbons (Fsp3) is 0.308. The molecule has 0 saturated carbocycles. The molecule has 2 aliphatic rings. The van der Waals surface area contributed by atoms with Crippen molar-refractivity contribution in [3.63, 3.8) is 0 Å². The van der Waals surface area contributed by atoms with Gasteiger partial charge in [0.15, 0.2) is 11.6 Å². The molecule has 2 aliphatic heterocycles. The number of carbonyl (C=O) groups excluding carboxylic acids is 1. The average molecular weight is 450 g/mol. The van der Waals surface area contributed by atoms with Crippen molar-refractivity contribution in [2.24, 2.45) is 0 Å². The Kier molecular flexibility index (Phi) is 5.48. The van der Waals surface area contributed by atoms with E-state index in [4.69, 9.17) is 4.74 Å². The molecule has 0 N–H and O–H groups in total. The minimum atomic E-state index is -0.893. The second-order valence-electron chi connectivity index (χ2n) is 8.67. The van der Waals surface area contributed by atoms with Gasteiger partial charge in [-0.3, -0.25) is 4.79 Å². The van der Waals surface area contributed by atoms with Crippen molar-refractivity contribution in [3.8, 4) is 11.4 Å². The average Bonchev–Trinajstić information content (AvgIpc) is 3.37. The first-order valence-corrected chi connectivity index (χ1v) is 11.1. The highest BCUT2D eigenvalue weighted by molar-refractivity contribution is 6.02. The van der Waals surface area contributed by atoms with Crippen LogP contribution in [0.15, 0.2) is 54.5 Å². The number of piperidine rings is 1. The molecule has 0 radical (unpaired) electrons. The van der Waals surface area contributed by atoms with E-state index >= 15 is 0 Å². The van der Waals surface area contributed by atoms with E-state index in [0.29, 0.717) is 23.4 Å². The molecule has 1 amide bonds. The molecular weight excluding hydrogens is 424 g/mol. The Morgan fingerprint density at radius 2 is 1.97 bits per heavy atom. The maximum Gasteiger partial charge on any atom is 0.250 e. The van der Waals surface area contributed by atoms with Crippen LogP contribution in [-0.4, -0.2) is 40.1 Å². The van der Waals surface area contributed by atoms with E-state index in [1.807, 2.05) is 46.9 Å². The van der Waals surface area contributed by atoms with Crippen LogP contribution in [0.4, 0.5) is 8.78 Å². The van der Waals surface area contributed by atoms with Gasteiger partial charge < -0.3 is 14.2 Å². The number of methoxy groups -OCH3 is 1. The third-order valence-corrected chi connectivity index (χ3v) is 6.60. The number of hydrogen-bond donors (Lipinski definition) is 0. The van der Waals surface area contributed by atoms with Crippen LogP contribution in [0.3, 0.4) is 0 Å². The van der Waals surface area contributed by atoms with E-state index in [-0.39, 0.29) is 17.9 Å². The lowest BCUT2D eigenvalue weighted by molar-refractivity contribution is -0.127. The van der Waals surface area contributed by atoms with Crippen LogP contribution in [-0.2, 0) is 4.79 Å². The zero-order chi connectivity index (χ0) is 23.1. The fourth-order valence-corrected chi connectivity index (χ4v) is 5.05. The molecular formula is C26H25F2N3O2. The highest BCUT2D eigenvalue weighted by Crippen LogP contribution is 2.44. The molecule has 0 bridgehead atoms. The number of aryl methyl sites for hydroxylation is 1. The van der Waals surface area contributed by atoms with E-state index in [1.54, 1.807) is 19.5 Å². The minimum absolute atomic E-state index is 0.0392. The van der Waals surface area contributed by atoms with Crippen molar-refractivity contribution in [1.29, 1.82) is 0 Å². The lowest BCUT2D eigenvalue weighted by atomic mass is 9.84. The number of rotatable bonds is 4. The van der Waals surface area contributed by atoms with Crippen molar-refractivity contribution in [2.75, 3.05) is 13.7 Å². The predicted molar refractivity (Wildman–Crippen MR) is 121 cm³/mol. The van der Waals surface area contributed by atoms with E-state index in [1.165, 1.54) is 6.07 Å². The first-order valence-electron chi connectivity index (χ1n) is 11.1. The smallest absolute Gasteiger partial charge is 0.250 e. The van der Waals surface area contributed by atoms with Crippen molar-refractivity contribution < 1.29 is 18.3 Å². The van der Waals surface area contributed by atoms with Crippen LogP contribution in [0, 0.1) is 18.6 Å². The Labute approximate surface area is 191 Å². The van der Waals surface area contributed by atoms with Gasteiger partial charge in [0.25, 0.3) is 5.91 Å². The number of ether oxygens (including phenoxy) is 1. The van der Waals surface area contributed by atoms with Crippen LogP contribution in [0.2, 0.25) is 0 Å². The molecule has 5 rings (SSSR count). The summed E-state index contributed by atoms with van der Waals surface area (Å²) in [7, 11) is 1.60. The molecule has 0 aliphatic carbocycles. The largest absolute Gasteiger partial charge is 0.495 e. The van der Waals surface area contributed by atoms with Gasteiger partial charge in [-0.1, -0.05) is 12.1 Å². The van der Waals surface area contributed by atoms with Gasteiger partial charge in [0.2, 0.25) is 0 Å². The van der Waals surface area contributed by atoms with Gasteiger partial charge >= 0.3 is 0 Å². The van der Waals surface area contributed by atoms with Crippen LogP contribution < -0.4 is 4.74 Å². The fourth-order valence-electron chi connectivity index (χ4n) is 5.05. The molecule has 1 aromatic heterocycles. The SMILES string of the molecule is COc1cc(/C=C2\C(=O)N3CCCC[C@H]3[C@H]2c2ccc(F)c(F)c2)ccc1-n1cnc(C)c1. The van der Waals surface area contributed by atoms with Crippen LogP contribution >= 0.6 is 0 Å². The van der Waals surface area contributed by atoms with Gasteiger partial charge in [-0.05, 0) is 67.7 Å². The monoisotopic (exact) mass is 449 g/mol. The maximum atomic E-state index is 14.1. The zero-order valence-electron chi connectivity index (χ0n) is 18.6. The Balaban J connectivity index is 1.58. The summed E-state index contributed by atoms with van der Waals surface area (Å²) in [6.45, 7) is 2.60. The molecule has 7 heteroatoms. The highest BCUT2D eigenvalue weighted by atomic mass is 19.2. The molecule has 33 heavy (non-hydrogen) atoms. The number of halogens is 2. The number of benzene rings is 2. The summed E-state index contributed by atoms with van der Waals surface area (Å²) in [5, 5.41) is 0. The Morgan fingerprint density at radius 3 is 2.70 bits per heavy atom. The molecule has 5 nitrogen and oxygen atoms in total. The van der Waals surface area contributed by atoms with Gasteiger partial charge in [0.05, 0.1) is 24.8 Å². The summed E-state index contributed by atoms with van der Waals surface area (Å²) in [6.07, 6.45) is 8.30. The Bertz CT molecular complexity index is 1250. The van der Waals surface area contributed by atoms with Crippen LogP contribution in [0.5, 0.6) is 5.75 Å². The van der Waals surface area contributed by atoms with E-state index in [0.717, 1.165) is 42.3 Å². The summed E-state index contributed by atoms with van der Waals surface area (Å²) in [6, 6.07) is 9.64. The molecule has 2 aromatic carbocycles. The second-order valence-corrected chi connectivity index (χ2v) is 8.67. The number of fused-ring (bicyclic) bond motifs is 1. The summed E-state index contributed by atoms with van der Waals surface area (Å²) < 4.78 is 35.2. The third-order valence-electron chi connectivity index (χ3n) is 6.60. The Morgan fingerprint density at radius 1 is 1.12 bits per heavy atom. The number of hydrogen-bond acceptors (Lipinski definition) is 3. The van der Waals surface area contributed by atoms with Crippen LogP contribution in [0.25, 0.3) is 11.8 Å². The van der Waals surface area contributed by atoms with Gasteiger partial charge in [0.1, 0.15) is 5.75 Å². The third kappa shape index (κ3) is 3.81. The number of carbonyl (C=O) groups is 1. The first kappa shape index (κ1) is 21.4. The van der Waals surface area contributed by atoms with E-state index < -0.39 is 11.6 Å². The molecule has 0 unspecified atom stereocenters. The van der Waals surface area contributed by atoms with E-state index in [2.05, 4.69) is 4.98 Å². The van der Waals surface area contributed by atoms with Gasteiger partial charge in [0, 0.05) is 30.3 Å². The summed E-state index contributed by atoms with van der Waals surface area (Å²) in [4.78, 5) is 19.5. The highest BCUT2D eigenvalue weighted by Gasteiger charge is 2.45. The first-order chi connectivity index (χ1) is 16.0. The zero-order valence-corrected chi connectivity index (χ0v) is 18.6. The number of aromatic nitrogens is 2. The van der Waals surface area contributed by atoms with E-state index in [9.17, 15) is 13.6 Å².